The van der Waals surface area contributed by atoms with E-state index in [0.29, 0.717) is 24.9 Å². The van der Waals surface area contributed by atoms with Gasteiger partial charge in [-0.3, -0.25) is 4.99 Å². The monoisotopic (exact) mass is 369 g/mol. The number of aryl methyl sites for hydroxylation is 3. The van der Waals surface area contributed by atoms with Crippen molar-refractivity contribution in [2.45, 2.75) is 33.9 Å². The summed E-state index contributed by atoms with van der Waals surface area (Å²) >= 11 is 1.70. The average molecular weight is 369 g/mol. The molecule has 26 heavy (non-hydrogen) atoms. The maximum atomic E-state index is 5.58. The zero-order valence-corrected chi connectivity index (χ0v) is 16.3. The highest BCUT2D eigenvalue weighted by molar-refractivity contribution is 7.11. The molecular weight excluding hydrogens is 346 g/mol. The SMILES string of the molecule is CN=C(NCc1coc(-c2ccc(C)cc2)n1)NCc1nc(C)c(C)s1. The number of aromatic nitrogens is 2. The standard InChI is InChI=1S/C19H23N5OS/c1-12-5-7-15(8-6-12)18-24-16(11-25-18)9-21-19(20-4)22-10-17-23-13(2)14(3)26-17/h5-8,11H,9-10H2,1-4H3,(H2,20,21,22). The Bertz CT molecular complexity index is 876. The number of nitrogens with zero attached hydrogens (tertiary/aromatic N) is 3. The van der Waals surface area contributed by atoms with Gasteiger partial charge in [-0.15, -0.1) is 11.3 Å². The summed E-state index contributed by atoms with van der Waals surface area (Å²) in [4.78, 5) is 14.5. The van der Waals surface area contributed by atoms with E-state index >= 15 is 0 Å². The summed E-state index contributed by atoms with van der Waals surface area (Å²) in [5, 5.41) is 7.56. The Morgan fingerprint density at radius 2 is 1.81 bits per heavy atom. The Morgan fingerprint density at radius 3 is 2.46 bits per heavy atom. The van der Waals surface area contributed by atoms with Crippen LogP contribution in [0.1, 0.15) is 26.8 Å². The van der Waals surface area contributed by atoms with E-state index in [0.717, 1.165) is 22.0 Å². The van der Waals surface area contributed by atoms with Crippen molar-refractivity contribution in [3.63, 3.8) is 0 Å². The minimum atomic E-state index is 0.533. The molecule has 1 aromatic carbocycles. The highest BCUT2D eigenvalue weighted by Crippen LogP contribution is 2.19. The first-order chi connectivity index (χ1) is 12.5. The zero-order chi connectivity index (χ0) is 18.5. The molecule has 0 aliphatic carbocycles. The van der Waals surface area contributed by atoms with Crippen LogP contribution in [0.4, 0.5) is 0 Å². The van der Waals surface area contributed by atoms with Gasteiger partial charge in [-0.25, -0.2) is 9.97 Å². The fraction of sp³-hybridized carbons (Fsp3) is 0.316. The third-order valence-electron chi connectivity index (χ3n) is 3.99. The molecule has 2 N–H and O–H groups in total. The molecule has 6 nitrogen and oxygen atoms in total. The summed E-state index contributed by atoms with van der Waals surface area (Å²) in [5.41, 5.74) is 4.09. The van der Waals surface area contributed by atoms with Gasteiger partial charge >= 0.3 is 0 Å². The number of nitrogens with one attached hydrogen (secondary N) is 2. The minimum Gasteiger partial charge on any atom is -0.444 e. The van der Waals surface area contributed by atoms with E-state index in [1.165, 1.54) is 10.4 Å². The summed E-state index contributed by atoms with van der Waals surface area (Å²) in [6.45, 7) is 7.34. The van der Waals surface area contributed by atoms with Gasteiger partial charge < -0.3 is 15.1 Å². The summed E-state index contributed by atoms with van der Waals surface area (Å²) in [5.74, 6) is 1.33. The third-order valence-corrected chi connectivity index (χ3v) is 5.06. The summed E-state index contributed by atoms with van der Waals surface area (Å²) in [6.07, 6.45) is 1.67. The second-order valence-electron chi connectivity index (χ2n) is 6.04. The Labute approximate surface area is 157 Å². The van der Waals surface area contributed by atoms with Crippen molar-refractivity contribution in [1.29, 1.82) is 0 Å². The fourth-order valence-corrected chi connectivity index (χ4v) is 3.26. The second kappa shape index (κ2) is 8.14. The van der Waals surface area contributed by atoms with Crippen molar-refractivity contribution in [3.05, 3.63) is 57.4 Å². The van der Waals surface area contributed by atoms with Crippen LogP contribution >= 0.6 is 11.3 Å². The van der Waals surface area contributed by atoms with Crippen molar-refractivity contribution in [3.8, 4) is 11.5 Å². The Hall–Kier alpha value is -2.67. The predicted molar refractivity (Wildman–Crippen MR) is 105 cm³/mol. The lowest BCUT2D eigenvalue weighted by molar-refractivity contribution is 0.572. The lowest BCUT2D eigenvalue weighted by Gasteiger charge is -2.09. The van der Waals surface area contributed by atoms with Gasteiger partial charge in [-0.1, -0.05) is 17.7 Å². The molecule has 0 saturated heterocycles. The van der Waals surface area contributed by atoms with Crippen LogP contribution in [0.25, 0.3) is 11.5 Å². The molecule has 0 unspecified atom stereocenters. The smallest absolute Gasteiger partial charge is 0.226 e. The molecule has 0 bridgehead atoms. The van der Waals surface area contributed by atoms with E-state index in [1.807, 2.05) is 31.2 Å². The van der Waals surface area contributed by atoms with E-state index in [-0.39, 0.29) is 0 Å². The molecule has 136 valence electrons. The maximum absolute atomic E-state index is 5.58. The number of oxazole rings is 1. The quantitative estimate of drug-likeness (QED) is 0.531. The molecule has 3 rings (SSSR count). The lowest BCUT2D eigenvalue weighted by Crippen LogP contribution is -2.36. The molecule has 0 atom stereocenters. The van der Waals surface area contributed by atoms with E-state index < -0.39 is 0 Å². The van der Waals surface area contributed by atoms with Crippen LogP contribution in [0.3, 0.4) is 0 Å². The largest absolute Gasteiger partial charge is 0.444 e. The average Bonchev–Trinajstić information content (AvgIpc) is 3.23. The Kier molecular flexibility index (Phi) is 5.68. The Balaban J connectivity index is 1.54. The van der Waals surface area contributed by atoms with Gasteiger partial charge in [0.25, 0.3) is 0 Å². The van der Waals surface area contributed by atoms with E-state index in [9.17, 15) is 0 Å². The van der Waals surface area contributed by atoms with Gasteiger partial charge in [-0.2, -0.15) is 0 Å². The number of rotatable bonds is 5. The van der Waals surface area contributed by atoms with Gasteiger partial charge in [0, 0.05) is 17.5 Å². The maximum Gasteiger partial charge on any atom is 0.226 e. The van der Waals surface area contributed by atoms with E-state index in [2.05, 4.69) is 39.4 Å². The van der Waals surface area contributed by atoms with E-state index in [4.69, 9.17) is 4.42 Å². The normalized spacial score (nSPS) is 11.6. The number of benzene rings is 1. The lowest BCUT2D eigenvalue weighted by atomic mass is 10.1. The molecular formula is C19H23N5OS. The molecule has 0 aliphatic rings. The number of thiazole rings is 1. The fourth-order valence-electron chi connectivity index (χ4n) is 2.39. The molecule has 2 heterocycles. The molecule has 0 amide bonds. The first-order valence-corrected chi connectivity index (χ1v) is 9.25. The molecule has 0 aliphatic heterocycles. The van der Waals surface area contributed by atoms with Gasteiger partial charge in [-0.05, 0) is 32.9 Å². The van der Waals surface area contributed by atoms with Gasteiger partial charge in [0.15, 0.2) is 5.96 Å². The summed E-state index contributed by atoms with van der Waals surface area (Å²) in [7, 11) is 1.74. The Morgan fingerprint density at radius 1 is 1.08 bits per heavy atom. The first-order valence-electron chi connectivity index (χ1n) is 8.44. The van der Waals surface area contributed by atoms with Crippen molar-refractivity contribution in [2.24, 2.45) is 4.99 Å². The number of aliphatic imine (C=N–C) groups is 1. The summed E-state index contributed by atoms with van der Waals surface area (Å²) < 4.78 is 5.58. The topological polar surface area (TPSA) is 75.3 Å². The minimum absolute atomic E-state index is 0.533. The molecule has 7 heteroatoms. The number of hydrogen-bond donors (Lipinski definition) is 2. The van der Waals surface area contributed by atoms with Crippen LogP contribution in [0.15, 0.2) is 39.9 Å². The number of guanidine groups is 1. The van der Waals surface area contributed by atoms with Crippen LogP contribution in [0.5, 0.6) is 0 Å². The van der Waals surface area contributed by atoms with Crippen LogP contribution in [-0.4, -0.2) is 23.0 Å². The predicted octanol–water partition coefficient (Wildman–Crippen LogP) is 3.59. The molecule has 2 aromatic heterocycles. The van der Waals surface area contributed by atoms with Crippen molar-refractivity contribution in [2.75, 3.05) is 7.05 Å². The van der Waals surface area contributed by atoms with Crippen LogP contribution in [0, 0.1) is 20.8 Å². The molecule has 0 radical (unpaired) electrons. The van der Waals surface area contributed by atoms with Crippen LogP contribution in [0.2, 0.25) is 0 Å². The van der Waals surface area contributed by atoms with Gasteiger partial charge in [0.05, 0.1) is 24.5 Å². The van der Waals surface area contributed by atoms with Crippen LogP contribution < -0.4 is 10.6 Å². The first kappa shape index (κ1) is 18.1. The second-order valence-corrected chi connectivity index (χ2v) is 7.33. The molecule has 0 spiro atoms. The summed E-state index contributed by atoms with van der Waals surface area (Å²) in [6, 6.07) is 8.12. The molecule has 3 aromatic rings. The number of hydrogen-bond acceptors (Lipinski definition) is 5. The van der Waals surface area contributed by atoms with E-state index in [1.54, 1.807) is 24.6 Å². The molecule has 0 fully saturated rings. The third kappa shape index (κ3) is 4.49. The zero-order valence-electron chi connectivity index (χ0n) is 15.5. The van der Waals surface area contributed by atoms with Crippen molar-refractivity contribution in [1.82, 2.24) is 20.6 Å². The highest BCUT2D eigenvalue weighted by Gasteiger charge is 2.08. The molecule has 0 saturated carbocycles. The van der Waals surface area contributed by atoms with Gasteiger partial charge in [0.2, 0.25) is 5.89 Å². The van der Waals surface area contributed by atoms with Crippen LogP contribution in [-0.2, 0) is 13.1 Å². The van der Waals surface area contributed by atoms with Crippen molar-refractivity contribution < 1.29 is 4.42 Å². The highest BCUT2D eigenvalue weighted by atomic mass is 32.1. The van der Waals surface area contributed by atoms with Gasteiger partial charge in [0.1, 0.15) is 11.3 Å². The van der Waals surface area contributed by atoms with Crippen molar-refractivity contribution >= 4 is 17.3 Å².